The van der Waals surface area contributed by atoms with E-state index in [0.717, 1.165) is 22.6 Å². The number of rotatable bonds is 5. The van der Waals surface area contributed by atoms with Crippen LogP contribution in [-0.4, -0.2) is 65.1 Å². The van der Waals surface area contributed by atoms with Gasteiger partial charge in [-0.25, -0.2) is 9.97 Å². The largest absolute Gasteiger partial charge is 0.463 e. The van der Waals surface area contributed by atoms with Crippen molar-refractivity contribution in [1.82, 2.24) is 14.9 Å². The Bertz CT molecular complexity index is 1520. The summed E-state index contributed by atoms with van der Waals surface area (Å²) in [6.45, 7) is 3.49. The molecule has 2 aromatic heterocycles. The summed E-state index contributed by atoms with van der Waals surface area (Å²) in [6.07, 6.45) is 0.715. The highest BCUT2D eigenvalue weighted by molar-refractivity contribution is 7.85. The topological polar surface area (TPSA) is 166 Å². The maximum atomic E-state index is 13.3. The van der Waals surface area contributed by atoms with Gasteiger partial charge in [0.1, 0.15) is 23.8 Å². The summed E-state index contributed by atoms with van der Waals surface area (Å²) in [6, 6.07) is 11.1. The third-order valence-electron chi connectivity index (χ3n) is 5.36. The second-order valence-corrected chi connectivity index (χ2v) is 11.5. The highest BCUT2D eigenvalue weighted by Crippen LogP contribution is 2.30. The van der Waals surface area contributed by atoms with E-state index < -0.39 is 10.1 Å². The Hall–Kier alpha value is -3.59. The van der Waals surface area contributed by atoms with Crippen LogP contribution in [0, 0.1) is 12.3 Å². The molecule has 208 valence electrons. The number of benzene rings is 1. The monoisotopic (exact) mass is 594 g/mol. The first-order chi connectivity index (χ1) is 17.9. The second-order valence-electron chi connectivity index (χ2n) is 8.37. The predicted molar refractivity (Wildman–Crippen MR) is 149 cm³/mol. The molecule has 0 radical (unpaired) electrons. The van der Waals surface area contributed by atoms with Gasteiger partial charge in [0, 0.05) is 12.2 Å². The lowest BCUT2D eigenvalue weighted by Gasteiger charge is -2.19. The van der Waals surface area contributed by atoms with Crippen molar-refractivity contribution in [2.45, 2.75) is 27.4 Å². The number of anilines is 2. The van der Waals surface area contributed by atoms with E-state index >= 15 is 0 Å². The zero-order chi connectivity index (χ0) is 27.6. The first-order valence-electron chi connectivity index (χ1n) is 11.1. The molecule has 15 heteroatoms. The van der Waals surface area contributed by atoms with Crippen molar-refractivity contribution < 1.29 is 27.3 Å². The number of hydrogen-bond donors (Lipinski definition) is 3. The number of nitrogens with one attached hydrogen (secondary N) is 2. The molecule has 0 aliphatic carbocycles. The minimum atomic E-state index is -3.67. The van der Waals surface area contributed by atoms with Gasteiger partial charge in [-0.15, -0.1) is 11.3 Å². The lowest BCUT2D eigenvalue weighted by molar-refractivity contribution is 0.0767. The maximum absolute atomic E-state index is 13.3. The van der Waals surface area contributed by atoms with Gasteiger partial charge < -0.3 is 15.0 Å². The average molecular weight is 595 g/mol. The van der Waals surface area contributed by atoms with E-state index in [9.17, 15) is 18.0 Å². The zero-order valence-corrected chi connectivity index (χ0v) is 22.7. The van der Waals surface area contributed by atoms with Crippen molar-refractivity contribution in [1.29, 1.82) is 5.41 Å². The molecule has 0 atom stereocenters. The molecule has 39 heavy (non-hydrogen) atoms. The number of amides is 2. The Morgan fingerprint density at radius 2 is 2.00 bits per heavy atom. The molecule has 0 saturated carbocycles. The second kappa shape index (κ2) is 12.1. The molecular formula is C24H27ClN6O6S2. The zero-order valence-electron chi connectivity index (χ0n) is 20.3. The molecule has 0 bridgehead atoms. The average Bonchev–Trinajstić information content (AvgIpc) is 3.52. The van der Waals surface area contributed by atoms with Crippen LogP contribution in [0.15, 0.2) is 36.4 Å². The van der Waals surface area contributed by atoms with Gasteiger partial charge in [0.05, 0.1) is 34.3 Å². The highest BCUT2D eigenvalue weighted by atomic mass is 35.5. The molecule has 12 nitrogen and oxygen atoms in total. The number of fused-ring (bicyclic) bond motifs is 1. The fourth-order valence-corrected chi connectivity index (χ4v) is 4.84. The fraction of sp³-hybridized carbons (Fsp3) is 0.292. The van der Waals surface area contributed by atoms with Crippen molar-refractivity contribution in [2.75, 3.05) is 29.6 Å². The van der Waals surface area contributed by atoms with Crippen LogP contribution in [0.4, 0.5) is 11.5 Å². The van der Waals surface area contributed by atoms with E-state index in [0.29, 0.717) is 58.8 Å². The standard InChI is InChI=1S/C22H19ClN6O3S.CH4O3S.CH4/c1-12-25-15-11-28(10-13-3-2-4-14(9-13)29-7-8-32-22(29)24)21(31)18(15)19(26-12)27-20(30)16-5-6-17(23)33-16;1-5(2,3)4;/h2-6,9,24H,7-8,10-11H2,1H3,(H,25,26,27,30);1H3,(H,2,3,4);1H4. The van der Waals surface area contributed by atoms with Crippen LogP contribution in [0.3, 0.4) is 0 Å². The van der Waals surface area contributed by atoms with Gasteiger partial charge in [0.15, 0.2) is 0 Å². The van der Waals surface area contributed by atoms with E-state index in [4.69, 9.17) is 26.3 Å². The van der Waals surface area contributed by atoms with Crippen molar-refractivity contribution >= 4 is 62.4 Å². The van der Waals surface area contributed by atoms with Gasteiger partial charge in [0.2, 0.25) is 0 Å². The molecule has 3 N–H and O–H groups in total. The van der Waals surface area contributed by atoms with E-state index in [1.165, 1.54) is 0 Å². The van der Waals surface area contributed by atoms with Crippen LogP contribution in [0.1, 0.15) is 44.5 Å². The number of hydrogen-bond acceptors (Lipinski definition) is 9. The smallest absolute Gasteiger partial charge is 0.289 e. The van der Waals surface area contributed by atoms with E-state index in [-0.39, 0.29) is 31.1 Å². The maximum Gasteiger partial charge on any atom is 0.289 e. The Morgan fingerprint density at radius 3 is 2.62 bits per heavy atom. The van der Waals surface area contributed by atoms with Crippen molar-refractivity contribution in [2.24, 2.45) is 0 Å². The number of aromatic nitrogens is 2. The van der Waals surface area contributed by atoms with Crippen molar-refractivity contribution in [3.05, 3.63) is 68.3 Å². The highest BCUT2D eigenvalue weighted by Gasteiger charge is 2.33. The lowest BCUT2D eigenvalue weighted by Crippen LogP contribution is -2.26. The molecule has 1 fully saturated rings. The van der Waals surface area contributed by atoms with Crippen LogP contribution in [0.25, 0.3) is 0 Å². The molecule has 1 saturated heterocycles. The summed E-state index contributed by atoms with van der Waals surface area (Å²) >= 11 is 7.09. The van der Waals surface area contributed by atoms with Gasteiger partial charge >= 0.3 is 0 Å². The summed E-state index contributed by atoms with van der Waals surface area (Å²) in [5.74, 6) is 0.0574. The molecular weight excluding hydrogens is 568 g/mol. The van der Waals surface area contributed by atoms with E-state index in [2.05, 4.69) is 15.3 Å². The number of thiophene rings is 1. The summed E-state index contributed by atoms with van der Waals surface area (Å²) < 4.78 is 31.6. The summed E-state index contributed by atoms with van der Waals surface area (Å²) in [4.78, 5) is 38.5. The normalized spacial score (nSPS) is 14.3. The first-order valence-corrected chi connectivity index (χ1v) is 14.2. The molecule has 0 spiro atoms. The first kappa shape index (κ1) is 30.0. The third kappa shape index (κ3) is 7.50. The number of halogens is 1. The Kier molecular flexibility index (Phi) is 9.27. The number of aryl methyl sites for hydroxylation is 1. The SMILES string of the molecule is C.CS(=O)(=O)O.Cc1nc2c(c(NC(=O)c3ccc(Cl)s3)n1)C(=O)N(Cc1cccc(N3CCOC3=N)c1)C2. The van der Waals surface area contributed by atoms with Gasteiger partial charge in [-0.05, 0) is 36.8 Å². The molecule has 2 aliphatic heterocycles. The van der Waals surface area contributed by atoms with Gasteiger partial charge in [-0.3, -0.25) is 24.5 Å². The quantitative estimate of drug-likeness (QED) is 0.372. The molecule has 5 rings (SSSR count). The Labute approximate surface area is 234 Å². The number of ether oxygens (including phenoxy) is 1. The molecule has 4 heterocycles. The van der Waals surface area contributed by atoms with Crippen LogP contribution in [0.2, 0.25) is 4.34 Å². The molecule has 1 aromatic carbocycles. The minimum Gasteiger partial charge on any atom is -0.463 e. The van der Waals surface area contributed by atoms with Crippen LogP contribution < -0.4 is 10.2 Å². The van der Waals surface area contributed by atoms with Gasteiger partial charge in [-0.2, -0.15) is 8.42 Å². The summed E-state index contributed by atoms with van der Waals surface area (Å²) in [5.41, 5.74) is 2.65. The molecule has 0 unspecified atom stereocenters. The van der Waals surface area contributed by atoms with Crippen LogP contribution in [-0.2, 0) is 27.9 Å². The molecule has 3 aromatic rings. The summed E-state index contributed by atoms with van der Waals surface area (Å²) in [5, 5.41) is 10.7. The fourth-order valence-electron chi connectivity index (χ4n) is 3.91. The van der Waals surface area contributed by atoms with Crippen molar-refractivity contribution in [3.63, 3.8) is 0 Å². The number of carbonyl (C=O) groups excluding carboxylic acids is 2. The number of amidine groups is 1. The Balaban J connectivity index is 0.000000644. The number of carbonyl (C=O) groups is 2. The van der Waals surface area contributed by atoms with E-state index in [1.807, 2.05) is 24.3 Å². The predicted octanol–water partition coefficient (Wildman–Crippen LogP) is 3.82. The van der Waals surface area contributed by atoms with E-state index in [1.54, 1.807) is 28.9 Å². The molecule has 2 amide bonds. The third-order valence-corrected chi connectivity index (χ3v) is 6.59. The van der Waals surface area contributed by atoms with Crippen LogP contribution in [0.5, 0.6) is 0 Å². The molecule has 2 aliphatic rings. The minimum absolute atomic E-state index is 0. The number of nitrogens with zero attached hydrogens (tertiary/aromatic N) is 4. The van der Waals surface area contributed by atoms with Gasteiger partial charge in [-0.1, -0.05) is 31.2 Å². The summed E-state index contributed by atoms with van der Waals surface area (Å²) in [7, 11) is -3.67. The van der Waals surface area contributed by atoms with Gasteiger partial charge in [0.25, 0.3) is 28.0 Å². The Morgan fingerprint density at radius 1 is 1.28 bits per heavy atom. The van der Waals surface area contributed by atoms with Crippen molar-refractivity contribution in [3.8, 4) is 0 Å². The van der Waals surface area contributed by atoms with Crippen LogP contribution >= 0.6 is 22.9 Å². The lowest BCUT2D eigenvalue weighted by atomic mass is 10.1.